The number of rotatable bonds is 10. The standard InChI is InChI=1S/C27H30N4O5/c1-16(2)24(25(34)23-17(3)26(35)31-27(23)36)30-22(33)15-20(19-7-5-4-6-8-19)29-21(32)10-9-18-11-13-28-14-12-18/h4-14,16-17,20,23-24H,15H2,1-3H3,(H,29,32)(H,30,33)(H,31,35,36)/b10-9+/t17-,20+,23+,24+/m0/s1. The Balaban J connectivity index is 1.72. The van der Waals surface area contributed by atoms with Crippen molar-refractivity contribution in [2.75, 3.05) is 0 Å². The fraction of sp³-hybridized carbons (Fsp3) is 0.333. The van der Waals surface area contributed by atoms with Gasteiger partial charge in [-0.05, 0) is 35.3 Å². The first-order chi connectivity index (χ1) is 17.2. The lowest BCUT2D eigenvalue weighted by Gasteiger charge is -2.25. The molecule has 3 N–H and O–H groups in total. The van der Waals surface area contributed by atoms with Gasteiger partial charge in [0.25, 0.3) is 0 Å². The summed E-state index contributed by atoms with van der Waals surface area (Å²) >= 11 is 0. The summed E-state index contributed by atoms with van der Waals surface area (Å²) in [5.74, 6) is -4.77. The third-order valence-corrected chi connectivity index (χ3v) is 6.08. The summed E-state index contributed by atoms with van der Waals surface area (Å²) in [4.78, 5) is 66.7. The molecule has 1 fully saturated rings. The smallest absolute Gasteiger partial charge is 0.244 e. The van der Waals surface area contributed by atoms with Crippen molar-refractivity contribution in [2.24, 2.45) is 17.8 Å². The first kappa shape index (κ1) is 26.5. The first-order valence-corrected chi connectivity index (χ1v) is 11.8. The summed E-state index contributed by atoms with van der Waals surface area (Å²) in [6, 6.07) is 10.9. The van der Waals surface area contributed by atoms with E-state index in [0.717, 1.165) is 11.1 Å². The number of nitrogens with one attached hydrogen (secondary N) is 3. The summed E-state index contributed by atoms with van der Waals surface area (Å²) in [5.41, 5.74) is 1.52. The number of benzene rings is 1. The number of pyridine rings is 1. The Kier molecular flexibility index (Phi) is 8.83. The highest BCUT2D eigenvalue weighted by atomic mass is 16.2. The van der Waals surface area contributed by atoms with Crippen LogP contribution < -0.4 is 16.0 Å². The Morgan fingerprint density at radius 1 is 1.00 bits per heavy atom. The summed E-state index contributed by atoms with van der Waals surface area (Å²) < 4.78 is 0. The number of carbonyl (C=O) groups excluding carboxylic acids is 5. The highest BCUT2D eigenvalue weighted by Crippen LogP contribution is 2.24. The summed E-state index contributed by atoms with van der Waals surface area (Å²) in [5, 5.41) is 7.74. The molecule has 0 unspecified atom stereocenters. The molecule has 2 heterocycles. The van der Waals surface area contributed by atoms with E-state index in [9.17, 15) is 24.0 Å². The molecule has 1 aliphatic rings. The van der Waals surface area contributed by atoms with E-state index < -0.39 is 47.4 Å². The molecule has 0 saturated carbocycles. The normalized spacial score (nSPS) is 19.1. The number of carbonyl (C=O) groups is 5. The molecule has 1 aromatic heterocycles. The quantitative estimate of drug-likeness (QED) is 0.265. The Morgan fingerprint density at radius 3 is 2.25 bits per heavy atom. The molecule has 9 heteroatoms. The van der Waals surface area contributed by atoms with E-state index in [1.54, 1.807) is 68.7 Å². The molecule has 0 radical (unpaired) electrons. The maximum atomic E-state index is 13.1. The van der Waals surface area contributed by atoms with Crippen molar-refractivity contribution >= 4 is 35.5 Å². The fourth-order valence-corrected chi connectivity index (χ4v) is 4.05. The molecule has 36 heavy (non-hydrogen) atoms. The van der Waals surface area contributed by atoms with Crippen molar-refractivity contribution in [3.63, 3.8) is 0 Å². The van der Waals surface area contributed by atoms with E-state index in [1.807, 2.05) is 6.07 Å². The van der Waals surface area contributed by atoms with E-state index in [1.165, 1.54) is 13.0 Å². The Morgan fingerprint density at radius 2 is 1.67 bits per heavy atom. The maximum Gasteiger partial charge on any atom is 0.244 e. The Hall–Kier alpha value is -4.14. The third kappa shape index (κ3) is 6.71. The largest absolute Gasteiger partial charge is 0.346 e. The number of imide groups is 1. The molecular weight excluding hydrogens is 460 g/mol. The summed E-state index contributed by atoms with van der Waals surface area (Å²) in [6.45, 7) is 5.02. The van der Waals surface area contributed by atoms with Crippen molar-refractivity contribution in [3.8, 4) is 0 Å². The van der Waals surface area contributed by atoms with Crippen molar-refractivity contribution < 1.29 is 24.0 Å². The average Bonchev–Trinajstić information content (AvgIpc) is 3.12. The van der Waals surface area contributed by atoms with Gasteiger partial charge in [0.15, 0.2) is 5.78 Å². The lowest BCUT2D eigenvalue weighted by atomic mass is 9.85. The van der Waals surface area contributed by atoms with Crippen LogP contribution in [0.15, 0.2) is 60.9 Å². The van der Waals surface area contributed by atoms with E-state index >= 15 is 0 Å². The van der Waals surface area contributed by atoms with Crippen LogP contribution >= 0.6 is 0 Å². The van der Waals surface area contributed by atoms with Gasteiger partial charge in [0.05, 0.1) is 24.4 Å². The molecule has 1 aliphatic heterocycles. The second-order valence-corrected chi connectivity index (χ2v) is 9.10. The highest BCUT2D eigenvalue weighted by Gasteiger charge is 2.46. The predicted octanol–water partition coefficient (Wildman–Crippen LogP) is 1.96. The van der Waals surface area contributed by atoms with Gasteiger partial charge in [-0.15, -0.1) is 0 Å². The topological polar surface area (TPSA) is 134 Å². The molecule has 2 aromatic rings. The van der Waals surface area contributed by atoms with Crippen LogP contribution in [-0.4, -0.2) is 40.4 Å². The minimum Gasteiger partial charge on any atom is -0.346 e. The van der Waals surface area contributed by atoms with Crippen LogP contribution in [0.25, 0.3) is 6.08 Å². The zero-order valence-corrected chi connectivity index (χ0v) is 20.4. The van der Waals surface area contributed by atoms with Gasteiger partial charge in [0, 0.05) is 18.5 Å². The van der Waals surface area contributed by atoms with Crippen molar-refractivity contribution in [2.45, 2.75) is 39.3 Å². The molecular formula is C27H30N4O5. The van der Waals surface area contributed by atoms with E-state index in [-0.39, 0.29) is 18.2 Å². The molecule has 1 aromatic carbocycles. The number of hydrogen-bond donors (Lipinski definition) is 3. The highest BCUT2D eigenvalue weighted by molar-refractivity contribution is 6.16. The van der Waals surface area contributed by atoms with Gasteiger partial charge in [0.2, 0.25) is 23.6 Å². The molecule has 3 rings (SSSR count). The van der Waals surface area contributed by atoms with Gasteiger partial charge < -0.3 is 10.6 Å². The fourth-order valence-electron chi connectivity index (χ4n) is 4.05. The minimum absolute atomic E-state index is 0.124. The maximum absolute atomic E-state index is 13.1. The average molecular weight is 491 g/mol. The van der Waals surface area contributed by atoms with Gasteiger partial charge >= 0.3 is 0 Å². The number of Topliss-reactive ketones (excluding diaryl/α,β-unsaturated/α-hetero) is 1. The molecule has 9 nitrogen and oxygen atoms in total. The van der Waals surface area contributed by atoms with Gasteiger partial charge in [-0.3, -0.25) is 34.3 Å². The van der Waals surface area contributed by atoms with Crippen LogP contribution in [0.4, 0.5) is 0 Å². The van der Waals surface area contributed by atoms with E-state index in [2.05, 4.69) is 20.9 Å². The Bertz CT molecular complexity index is 1150. The van der Waals surface area contributed by atoms with Gasteiger partial charge in [0.1, 0.15) is 5.92 Å². The van der Waals surface area contributed by atoms with Gasteiger partial charge in [-0.25, -0.2) is 0 Å². The number of aromatic nitrogens is 1. The van der Waals surface area contributed by atoms with Crippen LogP contribution in [0, 0.1) is 17.8 Å². The van der Waals surface area contributed by atoms with E-state index in [0.29, 0.717) is 0 Å². The van der Waals surface area contributed by atoms with Gasteiger partial charge in [-0.1, -0.05) is 51.1 Å². The summed E-state index contributed by atoms with van der Waals surface area (Å²) in [6.07, 6.45) is 6.13. The predicted molar refractivity (Wildman–Crippen MR) is 133 cm³/mol. The van der Waals surface area contributed by atoms with Crippen molar-refractivity contribution in [3.05, 3.63) is 72.1 Å². The lowest BCUT2D eigenvalue weighted by molar-refractivity contribution is -0.137. The molecule has 4 atom stereocenters. The van der Waals surface area contributed by atoms with Crippen LogP contribution in [-0.2, 0) is 24.0 Å². The molecule has 4 amide bonds. The minimum atomic E-state index is -1.15. The van der Waals surface area contributed by atoms with Crippen LogP contribution in [0.5, 0.6) is 0 Å². The number of amides is 4. The summed E-state index contributed by atoms with van der Waals surface area (Å²) in [7, 11) is 0. The van der Waals surface area contributed by atoms with E-state index in [4.69, 9.17) is 0 Å². The second kappa shape index (κ2) is 12.0. The molecule has 0 spiro atoms. The van der Waals surface area contributed by atoms with Crippen LogP contribution in [0.1, 0.15) is 44.4 Å². The molecule has 0 bridgehead atoms. The Labute approximate surface area is 209 Å². The molecule has 1 saturated heterocycles. The number of nitrogens with zero attached hydrogens (tertiary/aromatic N) is 1. The zero-order valence-electron chi connectivity index (χ0n) is 20.4. The molecule has 0 aliphatic carbocycles. The third-order valence-electron chi connectivity index (χ3n) is 6.08. The van der Waals surface area contributed by atoms with Crippen LogP contribution in [0.2, 0.25) is 0 Å². The number of hydrogen-bond acceptors (Lipinski definition) is 6. The van der Waals surface area contributed by atoms with Crippen LogP contribution in [0.3, 0.4) is 0 Å². The zero-order chi connectivity index (χ0) is 26.2. The second-order valence-electron chi connectivity index (χ2n) is 9.10. The molecule has 188 valence electrons. The lowest BCUT2D eigenvalue weighted by Crippen LogP contribution is -2.49. The number of ketones is 1. The van der Waals surface area contributed by atoms with Gasteiger partial charge in [-0.2, -0.15) is 0 Å². The van der Waals surface area contributed by atoms with Crippen molar-refractivity contribution in [1.29, 1.82) is 0 Å². The SMILES string of the molecule is CC(C)[C@@H](NC(=O)C[C@@H](NC(=O)/C=C/c1ccncc1)c1ccccc1)C(=O)[C@@H]1C(=O)NC(=O)[C@H]1C. The van der Waals surface area contributed by atoms with Crippen molar-refractivity contribution in [1.82, 2.24) is 20.9 Å². The monoisotopic (exact) mass is 490 g/mol. The first-order valence-electron chi connectivity index (χ1n) is 11.8.